The standard InChI is InChI=1S/C8H7N3/c1-2-3-5-11-6-4-10-8(11)7-9/h4,6H,5H2,1H3. The molecule has 0 atom stereocenters. The normalized spacial score (nSPS) is 8.00. The van der Waals surface area contributed by atoms with Crippen LogP contribution in [0.3, 0.4) is 0 Å². The minimum atomic E-state index is 0.410. The second kappa shape index (κ2) is 3.43. The fourth-order valence-electron chi connectivity index (χ4n) is 0.714. The van der Waals surface area contributed by atoms with E-state index in [1.807, 2.05) is 6.07 Å². The molecule has 0 fully saturated rings. The Hall–Kier alpha value is -1.74. The first kappa shape index (κ1) is 7.37. The minimum absolute atomic E-state index is 0.410. The van der Waals surface area contributed by atoms with Crippen LogP contribution in [0.15, 0.2) is 12.4 Å². The SMILES string of the molecule is CC#CCn1ccnc1C#N. The van der Waals surface area contributed by atoms with Gasteiger partial charge in [-0.3, -0.25) is 0 Å². The predicted octanol–water partition coefficient (Wildman–Crippen LogP) is 0.778. The van der Waals surface area contributed by atoms with Crippen molar-refractivity contribution in [1.82, 2.24) is 9.55 Å². The molecule has 0 spiro atoms. The average molecular weight is 145 g/mol. The lowest BCUT2D eigenvalue weighted by Gasteiger charge is -1.93. The van der Waals surface area contributed by atoms with E-state index in [9.17, 15) is 0 Å². The van der Waals surface area contributed by atoms with Crippen LogP contribution in [-0.4, -0.2) is 9.55 Å². The van der Waals surface area contributed by atoms with E-state index in [1.54, 1.807) is 23.9 Å². The third kappa shape index (κ3) is 1.59. The first-order valence-electron chi connectivity index (χ1n) is 3.19. The van der Waals surface area contributed by atoms with E-state index in [2.05, 4.69) is 16.8 Å². The molecule has 1 aromatic heterocycles. The van der Waals surface area contributed by atoms with Gasteiger partial charge in [0.25, 0.3) is 0 Å². The second-order valence-electron chi connectivity index (χ2n) is 1.92. The van der Waals surface area contributed by atoms with Crippen LogP contribution in [0.4, 0.5) is 0 Å². The van der Waals surface area contributed by atoms with Gasteiger partial charge in [-0.15, -0.1) is 5.92 Å². The Morgan fingerprint density at radius 1 is 1.73 bits per heavy atom. The highest BCUT2D eigenvalue weighted by molar-refractivity contribution is 5.13. The maximum atomic E-state index is 8.53. The van der Waals surface area contributed by atoms with Crippen LogP contribution < -0.4 is 0 Å². The molecule has 54 valence electrons. The van der Waals surface area contributed by atoms with Crippen molar-refractivity contribution in [2.24, 2.45) is 0 Å². The largest absolute Gasteiger partial charge is 0.311 e. The molecule has 0 aliphatic carbocycles. The van der Waals surface area contributed by atoms with Crippen LogP contribution in [0.5, 0.6) is 0 Å². The monoisotopic (exact) mass is 145 g/mol. The lowest BCUT2D eigenvalue weighted by atomic mass is 10.5. The van der Waals surface area contributed by atoms with Gasteiger partial charge in [0.1, 0.15) is 6.07 Å². The van der Waals surface area contributed by atoms with E-state index < -0.39 is 0 Å². The molecular weight excluding hydrogens is 138 g/mol. The topological polar surface area (TPSA) is 41.6 Å². The van der Waals surface area contributed by atoms with E-state index in [1.165, 1.54) is 0 Å². The minimum Gasteiger partial charge on any atom is -0.311 e. The third-order valence-corrected chi connectivity index (χ3v) is 1.24. The summed E-state index contributed by atoms with van der Waals surface area (Å²) in [6.07, 6.45) is 3.33. The molecule has 0 aliphatic heterocycles. The van der Waals surface area contributed by atoms with E-state index in [-0.39, 0.29) is 0 Å². The molecule has 1 rings (SSSR count). The number of aromatic nitrogens is 2. The highest BCUT2D eigenvalue weighted by Crippen LogP contribution is 1.93. The Kier molecular flexibility index (Phi) is 2.30. The van der Waals surface area contributed by atoms with Gasteiger partial charge in [-0.25, -0.2) is 4.98 Å². The Balaban J connectivity index is 2.84. The van der Waals surface area contributed by atoms with E-state index in [0.717, 1.165) is 0 Å². The van der Waals surface area contributed by atoms with Gasteiger partial charge in [0.15, 0.2) is 0 Å². The molecule has 0 amide bonds. The number of nitriles is 1. The Labute approximate surface area is 65.3 Å². The van der Waals surface area contributed by atoms with Crippen LogP contribution in [0.1, 0.15) is 12.7 Å². The van der Waals surface area contributed by atoms with Gasteiger partial charge < -0.3 is 4.57 Å². The lowest BCUT2D eigenvalue weighted by molar-refractivity contribution is 0.821. The molecule has 11 heavy (non-hydrogen) atoms. The van der Waals surface area contributed by atoms with Gasteiger partial charge in [0, 0.05) is 12.4 Å². The highest BCUT2D eigenvalue weighted by atomic mass is 15.0. The molecule has 3 heteroatoms. The fraction of sp³-hybridized carbons (Fsp3) is 0.250. The molecule has 0 aromatic carbocycles. The van der Waals surface area contributed by atoms with Gasteiger partial charge in [-0.1, -0.05) is 5.92 Å². The van der Waals surface area contributed by atoms with E-state index >= 15 is 0 Å². The van der Waals surface area contributed by atoms with Crippen molar-refractivity contribution >= 4 is 0 Å². The fourth-order valence-corrected chi connectivity index (χ4v) is 0.714. The summed E-state index contributed by atoms with van der Waals surface area (Å²) >= 11 is 0. The molecule has 1 aromatic rings. The second-order valence-corrected chi connectivity index (χ2v) is 1.92. The molecule has 0 aliphatic rings. The number of nitrogens with zero attached hydrogens (tertiary/aromatic N) is 3. The van der Waals surface area contributed by atoms with Crippen LogP contribution >= 0.6 is 0 Å². The van der Waals surface area contributed by atoms with Crippen LogP contribution in [0.2, 0.25) is 0 Å². The van der Waals surface area contributed by atoms with Crippen molar-refractivity contribution in [3.8, 4) is 17.9 Å². The van der Waals surface area contributed by atoms with Crippen LogP contribution in [-0.2, 0) is 6.54 Å². The van der Waals surface area contributed by atoms with Crippen molar-refractivity contribution < 1.29 is 0 Å². The zero-order valence-electron chi connectivity index (χ0n) is 6.20. The Bertz CT molecular complexity index is 332. The molecule has 0 unspecified atom stereocenters. The number of hydrogen-bond donors (Lipinski definition) is 0. The molecule has 0 radical (unpaired) electrons. The maximum absolute atomic E-state index is 8.53. The summed E-state index contributed by atoms with van der Waals surface area (Å²) in [6, 6.07) is 1.97. The van der Waals surface area contributed by atoms with Crippen LogP contribution in [0.25, 0.3) is 0 Å². The first-order chi connectivity index (χ1) is 5.38. The third-order valence-electron chi connectivity index (χ3n) is 1.24. The summed E-state index contributed by atoms with van der Waals surface area (Å²) in [4.78, 5) is 3.82. The molecule has 0 saturated carbocycles. The van der Waals surface area contributed by atoms with Gasteiger partial charge in [0.05, 0.1) is 6.54 Å². The zero-order chi connectivity index (χ0) is 8.10. The number of rotatable bonds is 1. The maximum Gasteiger partial charge on any atom is 0.213 e. The van der Waals surface area contributed by atoms with Crippen molar-refractivity contribution in [1.29, 1.82) is 5.26 Å². The summed E-state index contributed by atoms with van der Waals surface area (Å²) in [7, 11) is 0. The molecule has 0 saturated heterocycles. The Morgan fingerprint density at radius 3 is 3.18 bits per heavy atom. The van der Waals surface area contributed by atoms with Gasteiger partial charge >= 0.3 is 0 Å². The summed E-state index contributed by atoms with van der Waals surface area (Å²) in [6.45, 7) is 2.31. The lowest BCUT2D eigenvalue weighted by Crippen LogP contribution is -1.97. The first-order valence-corrected chi connectivity index (χ1v) is 3.19. The molecule has 0 bridgehead atoms. The molecular formula is C8H7N3. The zero-order valence-corrected chi connectivity index (χ0v) is 6.20. The van der Waals surface area contributed by atoms with E-state index in [0.29, 0.717) is 12.4 Å². The van der Waals surface area contributed by atoms with Crippen molar-refractivity contribution in [3.63, 3.8) is 0 Å². The number of imidazole rings is 1. The molecule has 3 nitrogen and oxygen atoms in total. The molecule has 1 heterocycles. The van der Waals surface area contributed by atoms with Crippen molar-refractivity contribution in [2.75, 3.05) is 0 Å². The summed E-state index contributed by atoms with van der Waals surface area (Å²) in [5.41, 5.74) is 0. The summed E-state index contributed by atoms with van der Waals surface area (Å²) < 4.78 is 1.70. The van der Waals surface area contributed by atoms with Crippen molar-refractivity contribution in [3.05, 3.63) is 18.2 Å². The Morgan fingerprint density at radius 2 is 2.55 bits per heavy atom. The highest BCUT2D eigenvalue weighted by Gasteiger charge is 1.96. The van der Waals surface area contributed by atoms with Crippen LogP contribution in [0, 0.1) is 23.2 Å². The van der Waals surface area contributed by atoms with Gasteiger partial charge in [-0.2, -0.15) is 5.26 Å². The molecule has 0 N–H and O–H groups in total. The quantitative estimate of drug-likeness (QED) is 0.548. The number of hydrogen-bond acceptors (Lipinski definition) is 2. The average Bonchev–Trinajstić information content (AvgIpc) is 2.47. The van der Waals surface area contributed by atoms with Gasteiger partial charge in [-0.05, 0) is 6.92 Å². The smallest absolute Gasteiger partial charge is 0.213 e. The van der Waals surface area contributed by atoms with Gasteiger partial charge in [0.2, 0.25) is 5.82 Å². The summed E-state index contributed by atoms with van der Waals surface area (Å²) in [5, 5.41) is 8.53. The van der Waals surface area contributed by atoms with Crippen molar-refractivity contribution in [2.45, 2.75) is 13.5 Å². The summed E-state index contributed by atoms with van der Waals surface area (Å²) in [5.74, 6) is 6.01. The van der Waals surface area contributed by atoms with E-state index in [4.69, 9.17) is 5.26 Å². The predicted molar refractivity (Wildman–Crippen MR) is 40.4 cm³/mol.